The van der Waals surface area contributed by atoms with Crippen LogP contribution in [0.25, 0.3) is 4.96 Å². The summed E-state index contributed by atoms with van der Waals surface area (Å²) in [5, 5.41) is 5.00. The van der Waals surface area contributed by atoms with Gasteiger partial charge in [0.2, 0.25) is 5.91 Å². The van der Waals surface area contributed by atoms with Crippen LogP contribution in [-0.4, -0.2) is 45.1 Å². The molecule has 0 radical (unpaired) electrons. The maximum absolute atomic E-state index is 12.3. The van der Waals surface area contributed by atoms with E-state index >= 15 is 0 Å². The lowest BCUT2D eigenvalue weighted by Crippen LogP contribution is -2.44. The van der Waals surface area contributed by atoms with Crippen molar-refractivity contribution >= 4 is 34.0 Å². The number of nitrogens with zero attached hydrogens (tertiary/aromatic N) is 3. The first-order valence-corrected chi connectivity index (χ1v) is 11.8. The van der Waals surface area contributed by atoms with Gasteiger partial charge in [-0.05, 0) is 18.4 Å². The molecule has 29 heavy (non-hydrogen) atoms. The lowest BCUT2D eigenvalue weighted by Gasteiger charge is -2.32. The molecule has 3 aromatic rings. The molecule has 1 N–H and O–H groups in total. The number of thiazole rings is 1. The van der Waals surface area contributed by atoms with Crippen LogP contribution in [-0.2, 0) is 17.1 Å². The van der Waals surface area contributed by atoms with Crippen LogP contribution in [0.4, 0.5) is 0 Å². The Labute approximate surface area is 178 Å². The van der Waals surface area contributed by atoms with Crippen molar-refractivity contribution in [2.45, 2.75) is 31.2 Å². The van der Waals surface area contributed by atoms with Crippen LogP contribution in [0, 0.1) is 0 Å². The maximum atomic E-state index is 12.3. The molecule has 0 atom stereocenters. The number of rotatable bonds is 7. The van der Waals surface area contributed by atoms with Gasteiger partial charge >= 0.3 is 0 Å². The second kappa shape index (κ2) is 9.56. The molecular weight excluding hydrogens is 404 g/mol. The molecule has 2 aromatic heterocycles. The van der Waals surface area contributed by atoms with Crippen LogP contribution in [0.2, 0.25) is 0 Å². The van der Waals surface area contributed by atoms with E-state index < -0.39 is 0 Å². The Kier molecular flexibility index (Phi) is 6.63. The minimum Gasteiger partial charge on any atom is -0.353 e. The van der Waals surface area contributed by atoms with Crippen LogP contribution >= 0.6 is 23.1 Å². The largest absolute Gasteiger partial charge is 0.353 e. The van der Waals surface area contributed by atoms with Crippen LogP contribution in [0.5, 0.6) is 0 Å². The molecule has 1 aliphatic rings. The van der Waals surface area contributed by atoms with Gasteiger partial charge in [0.25, 0.3) is 5.56 Å². The van der Waals surface area contributed by atoms with Gasteiger partial charge in [0, 0.05) is 49.1 Å². The maximum Gasteiger partial charge on any atom is 0.258 e. The molecule has 152 valence electrons. The smallest absolute Gasteiger partial charge is 0.258 e. The first-order chi connectivity index (χ1) is 14.2. The van der Waals surface area contributed by atoms with E-state index in [0.717, 1.165) is 38.2 Å². The van der Waals surface area contributed by atoms with Gasteiger partial charge in [0.05, 0.1) is 11.4 Å². The van der Waals surface area contributed by atoms with Gasteiger partial charge in [-0.3, -0.25) is 18.9 Å². The highest BCUT2D eigenvalue weighted by atomic mass is 32.2. The van der Waals surface area contributed by atoms with Gasteiger partial charge in [0.15, 0.2) is 4.96 Å². The van der Waals surface area contributed by atoms with Gasteiger partial charge < -0.3 is 5.32 Å². The Balaban J connectivity index is 1.18. The number of benzene rings is 1. The van der Waals surface area contributed by atoms with Crippen molar-refractivity contribution in [1.82, 2.24) is 19.6 Å². The number of fused-ring (bicyclic) bond motifs is 1. The summed E-state index contributed by atoms with van der Waals surface area (Å²) in [6, 6.07) is 12.3. The number of hydrogen-bond acceptors (Lipinski definition) is 6. The van der Waals surface area contributed by atoms with E-state index in [4.69, 9.17) is 0 Å². The molecule has 0 bridgehead atoms. The van der Waals surface area contributed by atoms with E-state index in [9.17, 15) is 9.59 Å². The van der Waals surface area contributed by atoms with E-state index in [0.29, 0.717) is 16.5 Å². The lowest BCUT2D eigenvalue weighted by atomic mass is 10.0. The van der Waals surface area contributed by atoms with Gasteiger partial charge in [-0.15, -0.1) is 23.1 Å². The highest BCUT2D eigenvalue weighted by molar-refractivity contribution is 7.99. The monoisotopic (exact) mass is 428 g/mol. The van der Waals surface area contributed by atoms with Crippen molar-refractivity contribution in [2.24, 2.45) is 0 Å². The number of carbonyl (C=O) groups excluding carboxylic acids is 1. The number of carbonyl (C=O) groups is 1. The molecule has 0 saturated carbocycles. The number of nitrogens with one attached hydrogen (secondary N) is 1. The predicted octanol–water partition coefficient (Wildman–Crippen LogP) is 2.77. The highest BCUT2D eigenvalue weighted by Gasteiger charge is 2.20. The molecule has 4 rings (SSSR count). The van der Waals surface area contributed by atoms with Crippen molar-refractivity contribution in [3.05, 3.63) is 69.6 Å². The van der Waals surface area contributed by atoms with Crippen LogP contribution in [0.1, 0.15) is 24.1 Å². The standard InChI is InChI=1S/C21H24N4O2S2/c26-19(15-28-14-18-12-20(27)25-10-11-29-21(25)23-18)22-17-6-8-24(9-7-17)13-16-4-2-1-3-5-16/h1-5,10-12,17H,6-9,13-15H2,(H,22,26). The van der Waals surface area contributed by atoms with E-state index in [2.05, 4.69) is 39.5 Å². The Morgan fingerprint density at radius 2 is 2.03 bits per heavy atom. The number of aromatic nitrogens is 2. The third-order valence-electron chi connectivity index (χ3n) is 5.04. The molecule has 1 fully saturated rings. The molecule has 0 spiro atoms. The molecule has 3 heterocycles. The number of amides is 1. The van der Waals surface area contributed by atoms with Crippen molar-refractivity contribution in [1.29, 1.82) is 0 Å². The molecule has 1 aromatic carbocycles. The number of thioether (sulfide) groups is 1. The molecule has 1 aliphatic heterocycles. The van der Waals surface area contributed by atoms with Crippen molar-refractivity contribution in [3.63, 3.8) is 0 Å². The van der Waals surface area contributed by atoms with E-state index in [1.54, 1.807) is 12.3 Å². The van der Waals surface area contributed by atoms with Gasteiger partial charge in [-0.1, -0.05) is 30.3 Å². The quantitative estimate of drug-likeness (QED) is 0.627. The first kappa shape index (κ1) is 20.1. The summed E-state index contributed by atoms with van der Waals surface area (Å²) >= 11 is 2.94. The second-order valence-corrected chi connectivity index (χ2v) is 9.10. The summed E-state index contributed by atoms with van der Waals surface area (Å²) in [6.07, 6.45) is 3.69. The Bertz CT molecular complexity index is 1010. The Morgan fingerprint density at radius 3 is 2.83 bits per heavy atom. The summed E-state index contributed by atoms with van der Waals surface area (Å²) in [5.74, 6) is 1.01. The average Bonchev–Trinajstić information content (AvgIpc) is 3.20. The fourth-order valence-electron chi connectivity index (χ4n) is 3.56. The third kappa shape index (κ3) is 5.46. The number of hydrogen-bond donors (Lipinski definition) is 1. The molecule has 1 saturated heterocycles. The zero-order valence-electron chi connectivity index (χ0n) is 16.1. The van der Waals surface area contributed by atoms with Gasteiger partial charge in [-0.25, -0.2) is 4.98 Å². The Hall–Kier alpha value is -2.16. The van der Waals surface area contributed by atoms with Crippen LogP contribution < -0.4 is 10.9 Å². The predicted molar refractivity (Wildman–Crippen MR) is 118 cm³/mol. The summed E-state index contributed by atoms with van der Waals surface area (Å²) in [7, 11) is 0. The Morgan fingerprint density at radius 1 is 1.24 bits per heavy atom. The number of likely N-dealkylation sites (tertiary alicyclic amines) is 1. The highest BCUT2D eigenvalue weighted by Crippen LogP contribution is 2.15. The van der Waals surface area contributed by atoms with Crippen LogP contribution in [0.3, 0.4) is 0 Å². The van der Waals surface area contributed by atoms with Crippen molar-refractivity contribution < 1.29 is 4.79 Å². The zero-order valence-corrected chi connectivity index (χ0v) is 17.8. The lowest BCUT2D eigenvalue weighted by molar-refractivity contribution is -0.119. The van der Waals surface area contributed by atoms with Crippen molar-refractivity contribution in [2.75, 3.05) is 18.8 Å². The van der Waals surface area contributed by atoms with E-state index in [1.165, 1.54) is 33.1 Å². The fourth-order valence-corrected chi connectivity index (χ4v) is 5.02. The normalized spacial score (nSPS) is 15.6. The zero-order chi connectivity index (χ0) is 20.1. The fraction of sp³-hybridized carbons (Fsp3) is 0.381. The topological polar surface area (TPSA) is 66.7 Å². The molecule has 0 unspecified atom stereocenters. The summed E-state index contributed by atoms with van der Waals surface area (Å²) in [5.41, 5.74) is 1.99. The minimum absolute atomic E-state index is 0.0606. The summed E-state index contributed by atoms with van der Waals surface area (Å²) < 4.78 is 1.54. The first-order valence-electron chi connectivity index (χ1n) is 9.76. The average molecular weight is 429 g/mol. The minimum atomic E-state index is -0.0708. The van der Waals surface area contributed by atoms with E-state index in [-0.39, 0.29) is 17.5 Å². The summed E-state index contributed by atoms with van der Waals surface area (Å²) in [4.78, 5) is 31.9. The SMILES string of the molecule is O=C(CSCc1cc(=O)n2ccsc2n1)NC1CCN(Cc2ccccc2)CC1. The molecule has 6 nitrogen and oxygen atoms in total. The second-order valence-electron chi connectivity index (χ2n) is 7.24. The molecule has 0 aliphatic carbocycles. The van der Waals surface area contributed by atoms with E-state index in [1.807, 2.05) is 11.4 Å². The summed E-state index contributed by atoms with van der Waals surface area (Å²) in [6.45, 7) is 2.97. The van der Waals surface area contributed by atoms with Gasteiger partial charge in [0.1, 0.15) is 0 Å². The molecule has 1 amide bonds. The van der Waals surface area contributed by atoms with Gasteiger partial charge in [-0.2, -0.15) is 0 Å². The number of piperidine rings is 1. The van der Waals surface area contributed by atoms with Crippen molar-refractivity contribution in [3.8, 4) is 0 Å². The third-order valence-corrected chi connectivity index (χ3v) is 6.76. The van der Waals surface area contributed by atoms with Crippen LogP contribution in [0.15, 0.2) is 52.8 Å². The molecular formula is C21H24N4O2S2. The molecule has 8 heteroatoms.